The van der Waals surface area contributed by atoms with Crippen LogP contribution in [-0.4, -0.2) is 20.7 Å². The number of rotatable bonds is 4. The van der Waals surface area contributed by atoms with Gasteiger partial charge in [0.2, 0.25) is 5.91 Å². The van der Waals surface area contributed by atoms with Crippen molar-refractivity contribution in [1.82, 2.24) is 20.1 Å². The van der Waals surface area contributed by atoms with Gasteiger partial charge in [-0.05, 0) is 32.4 Å². The van der Waals surface area contributed by atoms with Crippen molar-refractivity contribution in [3.63, 3.8) is 0 Å². The summed E-state index contributed by atoms with van der Waals surface area (Å²) in [7, 11) is 1.89. The highest BCUT2D eigenvalue weighted by Gasteiger charge is 2.22. The number of nitrogens with one attached hydrogen (secondary N) is 1. The molecule has 106 valence electrons. The first-order chi connectivity index (χ1) is 9.50. The minimum atomic E-state index is -0.208. The molecule has 1 N–H and O–H groups in total. The molecule has 0 aromatic carbocycles. The molecule has 0 bridgehead atoms. The number of aromatic nitrogens is 3. The molecule has 0 saturated heterocycles. The minimum absolute atomic E-state index is 0.00746. The van der Waals surface area contributed by atoms with Crippen molar-refractivity contribution >= 4 is 5.91 Å². The normalized spacial score (nSPS) is 12.2. The number of carbonyl (C=O) groups excluding carboxylic acids is 1. The fraction of sp³-hybridized carbons (Fsp3) is 0.400. The number of carbonyl (C=O) groups is 1. The van der Waals surface area contributed by atoms with Crippen molar-refractivity contribution in [1.29, 1.82) is 0 Å². The monoisotopic (exact) mass is 272 g/mol. The smallest absolute Gasteiger partial charge is 0.227 e. The quantitative estimate of drug-likeness (QED) is 0.924. The van der Waals surface area contributed by atoms with Gasteiger partial charge in [0, 0.05) is 37.2 Å². The molecule has 0 aliphatic rings. The molecule has 0 spiro atoms. The van der Waals surface area contributed by atoms with Gasteiger partial charge >= 0.3 is 0 Å². The zero-order chi connectivity index (χ0) is 14.7. The first-order valence-corrected chi connectivity index (χ1v) is 6.67. The van der Waals surface area contributed by atoms with Crippen molar-refractivity contribution in [3.05, 3.63) is 47.0 Å². The first-order valence-electron chi connectivity index (χ1n) is 6.67. The maximum atomic E-state index is 12.3. The van der Waals surface area contributed by atoms with E-state index in [0.717, 1.165) is 22.5 Å². The Morgan fingerprint density at radius 1 is 1.45 bits per heavy atom. The van der Waals surface area contributed by atoms with Gasteiger partial charge in [0.25, 0.3) is 0 Å². The van der Waals surface area contributed by atoms with E-state index in [0.29, 0.717) is 6.54 Å². The van der Waals surface area contributed by atoms with Gasteiger partial charge in [0.15, 0.2) is 0 Å². The van der Waals surface area contributed by atoms with Gasteiger partial charge in [-0.3, -0.25) is 14.5 Å². The predicted molar refractivity (Wildman–Crippen MR) is 77.2 cm³/mol. The Labute approximate surface area is 119 Å². The Balaban J connectivity index is 2.05. The zero-order valence-corrected chi connectivity index (χ0v) is 12.3. The molecule has 5 nitrogen and oxygen atoms in total. The van der Waals surface area contributed by atoms with Crippen LogP contribution in [0.1, 0.15) is 35.4 Å². The van der Waals surface area contributed by atoms with E-state index < -0.39 is 0 Å². The molecule has 1 unspecified atom stereocenters. The summed E-state index contributed by atoms with van der Waals surface area (Å²) in [5.41, 5.74) is 3.95. The van der Waals surface area contributed by atoms with Gasteiger partial charge in [-0.1, -0.05) is 6.07 Å². The van der Waals surface area contributed by atoms with Crippen LogP contribution in [0, 0.1) is 13.8 Å². The fourth-order valence-electron chi connectivity index (χ4n) is 2.39. The van der Waals surface area contributed by atoms with Gasteiger partial charge in [0.1, 0.15) is 0 Å². The molecule has 0 aliphatic heterocycles. The lowest BCUT2D eigenvalue weighted by Crippen LogP contribution is -2.28. The van der Waals surface area contributed by atoms with Crippen LogP contribution in [0.3, 0.4) is 0 Å². The van der Waals surface area contributed by atoms with E-state index in [-0.39, 0.29) is 11.8 Å². The highest BCUT2D eigenvalue weighted by atomic mass is 16.1. The highest BCUT2D eigenvalue weighted by Crippen LogP contribution is 2.22. The molecule has 2 aromatic heterocycles. The van der Waals surface area contributed by atoms with E-state index in [1.165, 1.54) is 0 Å². The zero-order valence-electron chi connectivity index (χ0n) is 12.3. The summed E-state index contributed by atoms with van der Waals surface area (Å²) in [6.07, 6.45) is 3.47. The summed E-state index contributed by atoms with van der Waals surface area (Å²) < 4.78 is 1.82. The van der Waals surface area contributed by atoms with Crippen molar-refractivity contribution in [2.24, 2.45) is 7.05 Å². The number of aryl methyl sites for hydroxylation is 2. The second-order valence-corrected chi connectivity index (χ2v) is 5.01. The molecule has 0 fully saturated rings. The molecule has 2 heterocycles. The summed E-state index contributed by atoms with van der Waals surface area (Å²) in [5.74, 6) is -0.201. The van der Waals surface area contributed by atoms with E-state index in [9.17, 15) is 4.79 Å². The number of hydrogen-bond donors (Lipinski definition) is 1. The van der Waals surface area contributed by atoms with E-state index >= 15 is 0 Å². The summed E-state index contributed by atoms with van der Waals surface area (Å²) in [5, 5.41) is 7.30. The van der Waals surface area contributed by atoms with Crippen molar-refractivity contribution in [2.75, 3.05) is 0 Å². The summed E-state index contributed by atoms with van der Waals surface area (Å²) in [6, 6.07) is 3.80. The van der Waals surface area contributed by atoms with Gasteiger partial charge < -0.3 is 5.32 Å². The number of hydrogen-bond acceptors (Lipinski definition) is 3. The maximum absolute atomic E-state index is 12.3. The average Bonchev–Trinajstić information content (AvgIpc) is 2.70. The minimum Gasteiger partial charge on any atom is -0.351 e. The largest absolute Gasteiger partial charge is 0.351 e. The molecule has 1 atom stereocenters. The van der Waals surface area contributed by atoms with Crippen molar-refractivity contribution in [3.8, 4) is 0 Å². The SMILES string of the molecule is Cc1nn(C)c(C)c1C(C)C(=O)NCc1cccnc1. The second-order valence-electron chi connectivity index (χ2n) is 5.01. The van der Waals surface area contributed by atoms with Crippen LogP contribution in [0.5, 0.6) is 0 Å². The van der Waals surface area contributed by atoms with E-state index in [1.807, 2.05) is 44.6 Å². The molecule has 0 aliphatic carbocycles. The van der Waals surface area contributed by atoms with Gasteiger partial charge in [-0.25, -0.2) is 0 Å². The molecular weight excluding hydrogens is 252 g/mol. The topological polar surface area (TPSA) is 59.8 Å². The van der Waals surface area contributed by atoms with Crippen LogP contribution < -0.4 is 5.32 Å². The third-order valence-electron chi connectivity index (χ3n) is 3.58. The molecular formula is C15H20N4O. The standard InChI is InChI=1S/C15H20N4O/c1-10(14-11(2)18-19(4)12(14)3)15(20)17-9-13-6-5-7-16-8-13/h5-8,10H,9H2,1-4H3,(H,17,20). The van der Waals surface area contributed by atoms with Crippen LogP contribution in [-0.2, 0) is 18.4 Å². The number of pyridine rings is 1. The lowest BCUT2D eigenvalue weighted by atomic mass is 9.98. The third-order valence-corrected chi connectivity index (χ3v) is 3.58. The molecule has 5 heteroatoms. The molecule has 1 amide bonds. The summed E-state index contributed by atoms with van der Waals surface area (Å²) in [4.78, 5) is 16.3. The Bertz CT molecular complexity index is 604. The summed E-state index contributed by atoms with van der Waals surface area (Å²) >= 11 is 0. The Morgan fingerprint density at radius 3 is 2.75 bits per heavy atom. The van der Waals surface area contributed by atoms with Crippen LogP contribution in [0.15, 0.2) is 24.5 Å². The Hall–Kier alpha value is -2.17. The van der Waals surface area contributed by atoms with Gasteiger partial charge in [-0.15, -0.1) is 0 Å². The van der Waals surface area contributed by atoms with Crippen LogP contribution in [0.25, 0.3) is 0 Å². The lowest BCUT2D eigenvalue weighted by Gasteiger charge is -2.13. The maximum Gasteiger partial charge on any atom is 0.227 e. The van der Waals surface area contributed by atoms with E-state index in [2.05, 4.69) is 15.4 Å². The molecule has 0 radical (unpaired) electrons. The number of amides is 1. The van der Waals surface area contributed by atoms with Gasteiger partial charge in [0.05, 0.1) is 11.6 Å². The molecule has 20 heavy (non-hydrogen) atoms. The predicted octanol–water partition coefficient (Wildman–Crippen LogP) is 1.85. The average molecular weight is 272 g/mol. The third kappa shape index (κ3) is 2.87. The molecule has 0 saturated carbocycles. The molecule has 2 rings (SSSR count). The van der Waals surface area contributed by atoms with E-state index in [4.69, 9.17) is 0 Å². The van der Waals surface area contributed by atoms with Crippen LogP contribution >= 0.6 is 0 Å². The lowest BCUT2D eigenvalue weighted by molar-refractivity contribution is -0.122. The van der Waals surface area contributed by atoms with Crippen molar-refractivity contribution in [2.45, 2.75) is 33.2 Å². The molecule has 2 aromatic rings. The number of nitrogens with zero attached hydrogens (tertiary/aromatic N) is 3. The Morgan fingerprint density at radius 2 is 2.20 bits per heavy atom. The van der Waals surface area contributed by atoms with Gasteiger partial charge in [-0.2, -0.15) is 5.10 Å². The van der Waals surface area contributed by atoms with Crippen LogP contribution in [0.4, 0.5) is 0 Å². The second kappa shape index (κ2) is 5.86. The fourth-order valence-corrected chi connectivity index (χ4v) is 2.39. The van der Waals surface area contributed by atoms with E-state index in [1.54, 1.807) is 12.4 Å². The van der Waals surface area contributed by atoms with Crippen LogP contribution in [0.2, 0.25) is 0 Å². The Kier molecular flexibility index (Phi) is 4.17. The summed E-state index contributed by atoms with van der Waals surface area (Å²) in [6.45, 7) is 6.33. The highest BCUT2D eigenvalue weighted by molar-refractivity contribution is 5.83. The van der Waals surface area contributed by atoms with Crippen molar-refractivity contribution < 1.29 is 4.79 Å². The first kappa shape index (κ1) is 14.2.